The van der Waals surface area contributed by atoms with Gasteiger partial charge in [-0.05, 0) is 12.5 Å². The van der Waals surface area contributed by atoms with E-state index < -0.39 is 16.3 Å². The number of aromatic carboxylic acids is 1. The maximum absolute atomic E-state index is 12.5. The van der Waals surface area contributed by atoms with Gasteiger partial charge in [-0.2, -0.15) is 4.98 Å². The number of carbonyl (C=O) groups is 1. The van der Waals surface area contributed by atoms with E-state index in [1.54, 1.807) is 16.7 Å². The van der Waals surface area contributed by atoms with Crippen molar-refractivity contribution in [2.24, 2.45) is 0 Å². The molecule has 0 bridgehead atoms. The number of benzene rings is 1. The van der Waals surface area contributed by atoms with Crippen LogP contribution in [0.25, 0.3) is 11.0 Å². The summed E-state index contributed by atoms with van der Waals surface area (Å²) >= 11 is 0. The average Bonchev–Trinajstić information content (AvgIpc) is 2.80. The first-order valence-electron chi connectivity index (χ1n) is 10.2. The van der Waals surface area contributed by atoms with Crippen LogP contribution in [0.5, 0.6) is 0 Å². The molecule has 0 saturated carbocycles. The predicted octanol–water partition coefficient (Wildman–Crippen LogP) is 1.74. The summed E-state index contributed by atoms with van der Waals surface area (Å²) in [6, 6.07) is 6.56. The molecule has 11 nitrogen and oxygen atoms in total. The summed E-state index contributed by atoms with van der Waals surface area (Å²) in [5.74, 6) is -0.774. The number of non-ortho nitro benzene ring substituents is 1. The van der Waals surface area contributed by atoms with Gasteiger partial charge in [0.25, 0.3) is 5.69 Å². The Labute approximate surface area is 182 Å². The Morgan fingerprint density at radius 2 is 1.88 bits per heavy atom. The molecule has 4 rings (SSSR count). The Morgan fingerprint density at radius 3 is 2.47 bits per heavy atom. The van der Waals surface area contributed by atoms with Gasteiger partial charge in [-0.15, -0.1) is 0 Å². The lowest BCUT2D eigenvalue weighted by Crippen LogP contribution is -2.46. The number of fused-ring (bicyclic) bond motifs is 1. The van der Waals surface area contributed by atoms with E-state index >= 15 is 0 Å². The number of hydrogen-bond acceptors (Lipinski definition) is 8. The minimum atomic E-state index is -1.27. The summed E-state index contributed by atoms with van der Waals surface area (Å²) < 4.78 is 1.65. The fraction of sp³-hybridized carbons (Fsp3) is 0.333. The fourth-order valence-electron chi connectivity index (χ4n) is 3.80. The molecular weight excluding hydrogens is 416 g/mol. The summed E-state index contributed by atoms with van der Waals surface area (Å²) in [7, 11) is 0. The molecule has 0 aliphatic carbocycles. The van der Waals surface area contributed by atoms with Crippen molar-refractivity contribution in [1.82, 2.24) is 19.4 Å². The van der Waals surface area contributed by atoms with Crippen molar-refractivity contribution >= 4 is 28.6 Å². The summed E-state index contributed by atoms with van der Waals surface area (Å²) in [6.45, 7) is 5.90. The van der Waals surface area contributed by atoms with Crippen molar-refractivity contribution in [3.05, 3.63) is 68.1 Å². The Kier molecular flexibility index (Phi) is 5.82. The fourth-order valence-corrected chi connectivity index (χ4v) is 3.80. The lowest BCUT2D eigenvalue weighted by Gasteiger charge is -2.34. The third-order valence-corrected chi connectivity index (χ3v) is 5.58. The molecule has 32 heavy (non-hydrogen) atoms. The van der Waals surface area contributed by atoms with E-state index in [9.17, 15) is 24.8 Å². The van der Waals surface area contributed by atoms with Gasteiger partial charge in [0.05, 0.1) is 10.3 Å². The van der Waals surface area contributed by atoms with E-state index in [0.717, 1.165) is 18.7 Å². The molecule has 0 spiro atoms. The third-order valence-electron chi connectivity index (χ3n) is 5.58. The number of pyridine rings is 1. The average molecular weight is 438 g/mol. The van der Waals surface area contributed by atoms with Crippen LogP contribution < -0.4 is 10.3 Å². The van der Waals surface area contributed by atoms with Gasteiger partial charge in [0.15, 0.2) is 0 Å². The highest BCUT2D eigenvalue weighted by Gasteiger charge is 2.21. The molecule has 0 unspecified atom stereocenters. The van der Waals surface area contributed by atoms with Crippen LogP contribution in [0.15, 0.2) is 41.5 Å². The second kappa shape index (κ2) is 8.71. The van der Waals surface area contributed by atoms with Crippen LogP contribution in [0, 0.1) is 10.1 Å². The van der Waals surface area contributed by atoms with Gasteiger partial charge >= 0.3 is 5.97 Å². The number of nitro benzene ring substituents is 1. The monoisotopic (exact) mass is 438 g/mol. The third kappa shape index (κ3) is 4.14. The van der Waals surface area contributed by atoms with Crippen molar-refractivity contribution in [1.29, 1.82) is 0 Å². The van der Waals surface area contributed by atoms with Gasteiger partial charge in [-0.3, -0.25) is 19.8 Å². The molecular formula is C21H22N6O5. The first-order chi connectivity index (χ1) is 15.4. The largest absolute Gasteiger partial charge is 0.477 e. The number of piperazine rings is 1. The van der Waals surface area contributed by atoms with E-state index in [-0.39, 0.29) is 16.6 Å². The standard InChI is InChI=1S/C21H22N6O5/c1-2-25-13-17(20(29)30)18(28)16-11-22-21(23-19(16)25)26-9-7-24(8-10-26)12-14-3-5-15(6-4-14)27(31)32/h3-6,11,13H,2,7-10,12H2,1H3,(H,29,30). The Balaban J connectivity index is 1.49. The van der Waals surface area contributed by atoms with Gasteiger partial charge in [0.2, 0.25) is 11.4 Å². The Morgan fingerprint density at radius 1 is 1.19 bits per heavy atom. The van der Waals surface area contributed by atoms with Gasteiger partial charge in [0, 0.05) is 63.8 Å². The molecule has 1 N–H and O–H groups in total. The molecule has 3 heterocycles. The van der Waals surface area contributed by atoms with Crippen LogP contribution in [0.3, 0.4) is 0 Å². The van der Waals surface area contributed by atoms with Crippen LogP contribution in [0.4, 0.5) is 11.6 Å². The molecule has 11 heteroatoms. The molecule has 1 saturated heterocycles. The zero-order chi connectivity index (χ0) is 22.8. The lowest BCUT2D eigenvalue weighted by molar-refractivity contribution is -0.384. The minimum absolute atomic E-state index is 0.0769. The maximum Gasteiger partial charge on any atom is 0.341 e. The number of rotatable bonds is 6. The molecule has 1 fully saturated rings. The van der Waals surface area contributed by atoms with E-state index in [2.05, 4.69) is 14.9 Å². The number of nitrogens with zero attached hydrogens (tertiary/aromatic N) is 6. The zero-order valence-electron chi connectivity index (χ0n) is 17.5. The van der Waals surface area contributed by atoms with Crippen LogP contribution in [0.2, 0.25) is 0 Å². The van der Waals surface area contributed by atoms with Crippen LogP contribution in [0.1, 0.15) is 22.8 Å². The summed E-state index contributed by atoms with van der Waals surface area (Å²) in [5.41, 5.74) is 0.619. The molecule has 0 radical (unpaired) electrons. The molecule has 3 aromatic rings. The summed E-state index contributed by atoms with van der Waals surface area (Å²) in [5, 5.41) is 20.3. The Bertz CT molecular complexity index is 1230. The highest BCUT2D eigenvalue weighted by molar-refractivity contribution is 5.91. The van der Waals surface area contributed by atoms with Crippen molar-refractivity contribution in [3.8, 4) is 0 Å². The maximum atomic E-state index is 12.5. The van der Waals surface area contributed by atoms with E-state index in [1.165, 1.54) is 24.5 Å². The zero-order valence-corrected chi connectivity index (χ0v) is 17.5. The number of aromatic nitrogens is 3. The SMILES string of the molecule is CCn1cc(C(=O)O)c(=O)c2cnc(N3CCN(Cc4ccc([N+](=O)[O-])cc4)CC3)nc21. The first kappa shape index (κ1) is 21.4. The Hall–Kier alpha value is -3.86. The lowest BCUT2D eigenvalue weighted by atomic mass is 10.2. The van der Waals surface area contributed by atoms with Gasteiger partial charge < -0.3 is 14.6 Å². The normalized spacial score (nSPS) is 14.6. The summed E-state index contributed by atoms with van der Waals surface area (Å²) in [6.07, 6.45) is 2.73. The molecule has 166 valence electrons. The van der Waals surface area contributed by atoms with Crippen molar-refractivity contribution < 1.29 is 14.8 Å². The molecule has 1 aromatic carbocycles. The highest BCUT2D eigenvalue weighted by atomic mass is 16.6. The number of carboxylic acid groups (broad SMARTS) is 1. The number of carboxylic acids is 1. The molecule has 0 atom stereocenters. The van der Waals surface area contributed by atoms with Crippen molar-refractivity contribution in [2.45, 2.75) is 20.0 Å². The molecule has 1 aliphatic heterocycles. The number of anilines is 1. The van der Waals surface area contributed by atoms with E-state index in [4.69, 9.17) is 0 Å². The van der Waals surface area contributed by atoms with Crippen LogP contribution in [-0.4, -0.2) is 61.6 Å². The van der Waals surface area contributed by atoms with Gasteiger partial charge in [-0.25, -0.2) is 9.78 Å². The van der Waals surface area contributed by atoms with Gasteiger partial charge in [0.1, 0.15) is 11.2 Å². The second-order valence-corrected chi connectivity index (χ2v) is 7.56. The highest BCUT2D eigenvalue weighted by Crippen LogP contribution is 2.18. The van der Waals surface area contributed by atoms with Crippen LogP contribution in [-0.2, 0) is 13.1 Å². The molecule has 0 amide bonds. The van der Waals surface area contributed by atoms with Gasteiger partial charge in [-0.1, -0.05) is 12.1 Å². The minimum Gasteiger partial charge on any atom is -0.477 e. The topological polar surface area (TPSA) is 135 Å². The quantitative estimate of drug-likeness (QED) is 0.451. The van der Waals surface area contributed by atoms with Crippen molar-refractivity contribution in [3.63, 3.8) is 0 Å². The summed E-state index contributed by atoms with van der Waals surface area (Å²) in [4.78, 5) is 47.4. The van der Waals surface area contributed by atoms with Crippen molar-refractivity contribution in [2.75, 3.05) is 31.1 Å². The smallest absolute Gasteiger partial charge is 0.341 e. The second-order valence-electron chi connectivity index (χ2n) is 7.56. The number of nitro groups is 1. The van der Waals surface area contributed by atoms with E-state index in [0.29, 0.717) is 37.8 Å². The number of aryl methyl sites for hydroxylation is 1. The molecule has 1 aliphatic rings. The number of hydrogen-bond donors (Lipinski definition) is 1. The first-order valence-corrected chi connectivity index (χ1v) is 10.2. The van der Waals surface area contributed by atoms with Crippen LogP contribution >= 0.6 is 0 Å². The molecule has 2 aromatic heterocycles. The predicted molar refractivity (Wildman–Crippen MR) is 117 cm³/mol. The van der Waals surface area contributed by atoms with E-state index in [1.807, 2.05) is 11.8 Å².